The van der Waals surface area contributed by atoms with Gasteiger partial charge in [-0.15, -0.1) is 11.3 Å². The number of nitrogens with one attached hydrogen (secondary N) is 1. The smallest absolute Gasteiger partial charge is 0.261 e. The number of carbonyl (C=O) groups is 1. The molecule has 1 amide bonds. The van der Waals surface area contributed by atoms with Crippen LogP contribution in [0.15, 0.2) is 47.2 Å². The van der Waals surface area contributed by atoms with E-state index in [9.17, 15) is 4.79 Å². The highest BCUT2D eigenvalue weighted by atomic mass is 32.1. The zero-order valence-corrected chi connectivity index (χ0v) is 13.2. The third-order valence-electron chi connectivity index (χ3n) is 3.38. The summed E-state index contributed by atoms with van der Waals surface area (Å²) in [5.41, 5.74) is 2.64. The minimum Gasteiger partial charge on any atom is -0.469 e. The van der Waals surface area contributed by atoms with Crippen molar-refractivity contribution in [2.24, 2.45) is 0 Å². The van der Waals surface area contributed by atoms with Crippen molar-refractivity contribution in [3.8, 4) is 0 Å². The Labute approximate surface area is 132 Å². The Morgan fingerprint density at radius 3 is 2.73 bits per heavy atom. The van der Waals surface area contributed by atoms with Crippen molar-refractivity contribution >= 4 is 22.4 Å². The lowest BCUT2D eigenvalue weighted by molar-refractivity contribution is 0.102. The standard InChI is InChI=1S/C17H16N2O2S/c1-11-10-21-12(2)15(11)16(20)19-17-18-9-14(22-17)8-13-6-4-3-5-7-13/h3-7,9-10H,8H2,1-2H3,(H,18,19,20). The molecule has 0 radical (unpaired) electrons. The van der Waals surface area contributed by atoms with Crippen molar-refractivity contribution < 1.29 is 9.21 Å². The number of furan rings is 1. The van der Waals surface area contributed by atoms with Crippen molar-refractivity contribution in [3.05, 3.63) is 70.1 Å². The summed E-state index contributed by atoms with van der Waals surface area (Å²) in [6.07, 6.45) is 4.22. The van der Waals surface area contributed by atoms with Crippen LogP contribution in [0.3, 0.4) is 0 Å². The van der Waals surface area contributed by atoms with Gasteiger partial charge in [-0.1, -0.05) is 30.3 Å². The highest BCUT2D eigenvalue weighted by Crippen LogP contribution is 2.23. The van der Waals surface area contributed by atoms with Crippen LogP contribution in [0.5, 0.6) is 0 Å². The zero-order chi connectivity index (χ0) is 15.5. The number of anilines is 1. The van der Waals surface area contributed by atoms with Crippen molar-refractivity contribution in [2.75, 3.05) is 5.32 Å². The van der Waals surface area contributed by atoms with Crippen LogP contribution in [-0.2, 0) is 6.42 Å². The third kappa shape index (κ3) is 3.09. The van der Waals surface area contributed by atoms with Gasteiger partial charge in [0.05, 0.1) is 11.8 Å². The molecule has 0 aliphatic rings. The summed E-state index contributed by atoms with van der Waals surface area (Å²) < 4.78 is 5.26. The molecule has 0 aliphatic heterocycles. The van der Waals surface area contributed by atoms with E-state index in [-0.39, 0.29) is 5.91 Å². The summed E-state index contributed by atoms with van der Waals surface area (Å²) in [5.74, 6) is 0.445. The van der Waals surface area contributed by atoms with E-state index in [0.717, 1.165) is 16.9 Å². The van der Waals surface area contributed by atoms with Gasteiger partial charge in [0.25, 0.3) is 5.91 Å². The summed E-state index contributed by atoms with van der Waals surface area (Å²) in [6.45, 7) is 3.64. The highest BCUT2D eigenvalue weighted by Gasteiger charge is 2.17. The molecular formula is C17H16N2O2S. The fourth-order valence-electron chi connectivity index (χ4n) is 2.31. The minimum atomic E-state index is -0.177. The molecule has 0 unspecified atom stereocenters. The molecule has 3 aromatic rings. The number of carbonyl (C=O) groups excluding carboxylic acids is 1. The number of thiazole rings is 1. The van der Waals surface area contributed by atoms with Crippen LogP contribution in [-0.4, -0.2) is 10.9 Å². The zero-order valence-electron chi connectivity index (χ0n) is 12.4. The Kier molecular flexibility index (Phi) is 4.06. The van der Waals surface area contributed by atoms with E-state index >= 15 is 0 Å². The molecule has 2 aromatic heterocycles. The molecular weight excluding hydrogens is 296 g/mol. The second-order valence-electron chi connectivity index (χ2n) is 5.10. The fourth-order valence-corrected chi connectivity index (χ4v) is 3.16. The van der Waals surface area contributed by atoms with E-state index in [1.807, 2.05) is 31.3 Å². The van der Waals surface area contributed by atoms with Crippen LogP contribution in [0.1, 0.15) is 32.1 Å². The second-order valence-corrected chi connectivity index (χ2v) is 6.21. The number of benzene rings is 1. The van der Waals surface area contributed by atoms with Gasteiger partial charge < -0.3 is 4.42 Å². The van der Waals surface area contributed by atoms with Gasteiger partial charge in [0.2, 0.25) is 0 Å². The van der Waals surface area contributed by atoms with Crippen molar-refractivity contribution in [2.45, 2.75) is 20.3 Å². The van der Waals surface area contributed by atoms with Gasteiger partial charge in [-0.25, -0.2) is 4.98 Å². The van der Waals surface area contributed by atoms with E-state index < -0.39 is 0 Å². The van der Waals surface area contributed by atoms with Crippen LogP contribution < -0.4 is 5.32 Å². The first-order valence-electron chi connectivity index (χ1n) is 6.98. The quantitative estimate of drug-likeness (QED) is 0.785. The molecule has 3 rings (SSSR count). The Morgan fingerprint density at radius 1 is 1.27 bits per heavy atom. The molecule has 5 heteroatoms. The van der Waals surface area contributed by atoms with E-state index in [0.29, 0.717) is 16.5 Å². The number of rotatable bonds is 4. The fraction of sp³-hybridized carbons (Fsp3) is 0.176. The first-order valence-corrected chi connectivity index (χ1v) is 7.80. The van der Waals surface area contributed by atoms with Crippen LogP contribution in [0.2, 0.25) is 0 Å². The van der Waals surface area contributed by atoms with Crippen LogP contribution in [0.4, 0.5) is 5.13 Å². The first-order chi connectivity index (χ1) is 10.6. The van der Waals surface area contributed by atoms with Crippen LogP contribution >= 0.6 is 11.3 Å². The monoisotopic (exact) mass is 312 g/mol. The average Bonchev–Trinajstić information content (AvgIpc) is 3.07. The van der Waals surface area contributed by atoms with Gasteiger partial charge >= 0.3 is 0 Å². The number of hydrogen-bond donors (Lipinski definition) is 1. The Bertz CT molecular complexity index is 771. The van der Waals surface area contributed by atoms with E-state index in [4.69, 9.17) is 4.42 Å². The van der Waals surface area contributed by atoms with Crippen molar-refractivity contribution in [1.29, 1.82) is 0 Å². The lowest BCUT2D eigenvalue weighted by Gasteiger charge is -2.01. The number of nitrogens with zero attached hydrogens (tertiary/aromatic N) is 1. The van der Waals surface area contributed by atoms with Crippen LogP contribution in [0, 0.1) is 13.8 Å². The molecule has 0 bridgehead atoms. The van der Waals surface area contributed by atoms with E-state index in [1.54, 1.807) is 13.2 Å². The number of aromatic nitrogens is 1. The molecule has 0 atom stereocenters. The Morgan fingerprint density at radius 2 is 2.05 bits per heavy atom. The average molecular weight is 312 g/mol. The van der Waals surface area contributed by atoms with Gasteiger partial charge in [-0.3, -0.25) is 10.1 Å². The summed E-state index contributed by atoms with van der Waals surface area (Å²) in [6, 6.07) is 10.2. The maximum atomic E-state index is 12.3. The van der Waals surface area contributed by atoms with E-state index in [1.165, 1.54) is 16.9 Å². The lowest BCUT2D eigenvalue weighted by atomic mass is 10.1. The lowest BCUT2D eigenvalue weighted by Crippen LogP contribution is -2.13. The summed E-state index contributed by atoms with van der Waals surface area (Å²) in [5, 5.41) is 3.45. The van der Waals surface area contributed by atoms with Gasteiger partial charge in [-0.2, -0.15) is 0 Å². The maximum Gasteiger partial charge on any atom is 0.261 e. The normalized spacial score (nSPS) is 10.6. The maximum absolute atomic E-state index is 12.3. The number of aryl methyl sites for hydroxylation is 2. The van der Waals surface area contributed by atoms with Gasteiger partial charge in [-0.05, 0) is 19.4 Å². The van der Waals surface area contributed by atoms with Crippen molar-refractivity contribution in [1.82, 2.24) is 4.98 Å². The van der Waals surface area contributed by atoms with E-state index in [2.05, 4.69) is 22.4 Å². The molecule has 0 aliphatic carbocycles. The van der Waals surface area contributed by atoms with Gasteiger partial charge in [0, 0.05) is 23.1 Å². The summed E-state index contributed by atoms with van der Waals surface area (Å²) in [7, 11) is 0. The SMILES string of the molecule is Cc1coc(C)c1C(=O)Nc1ncc(Cc2ccccc2)s1. The summed E-state index contributed by atoms with van der Waals surface area (Å²) >= 11 is 1.49. The largest absolute Gasteiger partial charge is 0.469 e. The third-order valence-corrected chi connectivity index (χ3v) is 4.29. The molecule has 1 aromatic carbocycles. The number of hydrogen-bond acceptors (Lipinski definition) is 4. The highest BCUT2D eigenvalue weighted by molar-refractivity contribution is 7.15. The molecule has 112 valence electrons. The molecule has 0 fully saturated rings. The predicted octanol–water partition coefficient (Wildman–Crippen LogP) is 4.20. The second kappa shape index (κ2) is 6.15. The molecule has 22 heavy (non-hydrogen) atoms. The molecule has 2 heterocycles. The van der Waals surface area contributed by atoms with Gasteiger partial charge in [0.1, 0.15) is 5.76 Å². The Balaban J connectivity index is 1.71. The molecule has 0 spiro atoms. The molecule has 0 saturated carbocycles. The molecule has 4 nitrogen and oxygen atoms in total. The number of amides is 1. The van der Waals surface area contributed by atoms with Crippen molar-refractivity contribution in [3.63, 3.8) is 0 Å². The predicted molar refractivity (Wildman–Crippen MR) is 87.5 cm³/mol. The topological polar surface area (TPSA) is 55.1 Å². The summed E-state index contributed by atoms with van der Waals surface area (Å²) in [4.78, 5) is 17.7. The molecule has 0 saturated heterocycles. The minimum absolute atomic E-state index is 0.177. The van der Waals surface area contributed by atoms with Gasteiger partial charge in [0.15, 0.2) is 5.13 Å². The molecule has 1 N–H and O–H groups in total. The first kappa shape index (κ1) is 14.5. The van der Waals surface area contributed by atoms with Crippen LogP contribution in [0.25, 0.3) is 0 Å². The Hall–Kier alpha value is -2.40.